The molecule has 50 heavy (non-hydrogen) atoms. The molecule has 0 spiro atoms. The summed E-state index contributed by atoms with van der Waals surface area (Å²) in [6, 6.07) is 19.2. The lowest BCUT2D eigenvalue weighted by Gasteiger charge is -2.23. The third-order valence-electron chi connectivity index (χ3n) is 9.36. The Morgan fingerprint density at radius 1 is 0.480 bits per heavy atom. The molecule has 7 aromatic rings. The minimum atomic E-state index is -1.23. The predicted octanol–water partition coefficient (Wildman–Crippen LogP) is 5.67. The number of hydrogen-bond donors (Lipinski definition) is 10. The summed E-state index contributed by atoms with van der Waals surface area (Å²) in [7, 11) is 0. The molecular formula is C36H26N4O10. The quantitative estimate of drug-likeness (QED) is 0.0803. The molecule has 0 atom stereocenters. The van der Waals surface area contributed by atoms with Crippen molar-refractivity contribution in [1.29, 1.82) is 0 Å². The van der Waals surface area contributed by atoms with Crippen LogP contribution in [0.5, 0.6) is 57.5 Å². The SMILES string of the molecule is CC1(C)c2ccccc2-c2ccc3c4ccccc4n(-c4nc(-c5c(O)c(O)c(O)c(O)c5O)nc(-c5c(O)c(O)c(O)c(O)c5O)n4)c3c21. The van der Waals surface area contributed by atoms with Crippen LogP contribution < -0.4 is 0 Å². The molecule has 1 aliphatic carbocycles. The van der Waals surface area contributed by atoms with Crippen molar-refractivity contribution in [2.45, 2.75) is 19.3 Å². The van der Waals surface area contributed by atoms with Gasteiger partial charge in [-0.15, -0.1) is 0 Å². The van der Waals surface area contributed by atoms with Crippen molar-refractivity contribution in [3.05, 3.63) is 71.8 Å². The molecule has 0 amide bonds. The van der Waals surface area contributed by atoms with E-state index in [4.69, 9.17) is 0 Å². The standard InChI is InChI=1S/C36H26N4O10/c1-36(2)17-9-5-3-7-13(17)15-11-12-16-14-8-4-6-10-18(14)40(22(16)21(15)36)35-38-33(19-23(41)27(45)31(49)28(46)24(19)42)37-34(39-35)20-25(43)29(47)32(50)30(48)26(20)44/h3-12,41-50H,1-2H3. The van der Waals surface area contributed by atoms with Crippen LogP contribution in [0.25, 0.3) is 61.7 Å². The van der Waals surface area contributed by atoms with Crippen LogP contribution in [-0.4, -0.2) is 70.6 Å². The van der Waals surface area contributed by atoms with Gasteiger partial charge in [-0.2, -0.15) is 9.97 Å². The van der Waals surface area contributed by atoms with Crippen LogP contribution in [0.3, 0.4) is 0 Å². The van der Waals surface area contributed by atoms with Crippen LogP contribution in [0.15, 0.2) is 60.7 Å². The zero-order valence-electron chi connectivity index (χ0n) is 26.0. The molecule has 2 aromatic heterocycles. The molecule has 0 saturated heterocycles. The average Bonchev–Trinajstić information content (AvgIpc) is 3.57. The predicted molar refractivity (Wildman–Crippen MR) is 179 cm³/mol. The molecule has 0 radical (unpaired) electrons. The van der Waals surface area contributed by atoms with E-state index in [1.165, 1.54) is 0 Å². The zero-order valence-corrected chi connectivity index (χ0v) is 26.0. The molecule has 14 heteroatoms. The van der Waals surface area contributed by atoms with Crippen molar-refractivity contribution in [2.75, 3.05) is 0 Å². The molecule has 1 aliphatic rings. The number of benzene rings is 5. The number of phenolic OH excluding ortho intramolecular Hbond substituents is 10. The Labute approximate surface area is 280 Å². The monoisotopic (exact) mass is 674 g/mol. The summed E-state index contributed by atoms with van der Waals surface area (Å²) in [6.07, 6.45) is 0. The van der Waals surface area contributed by atoms with Crippen LogP contribution in [0.2, 0.25) is 0 Å². The van der Waals surface area contributed by atoms with Crippen molar-refractivity contribution in [3.63, 3.8) is 0 Å². The van der Waals surface area contributed by atoms with E-state index < -0.39 is 85.7 Å². The van der Waals surface area contributed by atoms with Gasteiger partial charge in [-0.3, -0.25) is 4.57 Å². The van der Waals surface area contributed by atoms with Gasteiger partial charge in [0.05, 0.1) is 11.0 Å². The van der Waals surface area contributed by atoms with E-state index in [2.05, 4.69) is 28.8 Å². The van der Waals surface area contributed by atoms with E-state index in [-0.39, 0.29) is 5.95 Å². The number of nitrogens with zero attached hydrogens (tertiary/aromatic N) is 4. The molecule has 0 unspecified atom stereocenters. The summed E-state index contributed by atoms with van der Waals surface area (Å²) in [5, 5.41) is 107. The molecule has 250 valence electrons. The third-order valence-corrected chi connectivity index (χ3v) is 9.36. The van der Waals surface area contributed by atoms with Gasteiger partial charge in [0.25, 0.3) is 0 Å². The van der Waals surface area contributed by atoms with Gasteiger partial charge < -0.3 is 51.1 Å². The first-order chi connectivity index (χ1) is 23.7. The second kappa shape index (κ2) is 9.96. The van der Waals surface area contributed by atoms with Crippen LogP contribution in [0, 0.1) is 0 Å². The molecular weight excluding hydrogens is 648 g/mol. The Kier molecular flexibility index (Phi) is 6.03. The highest BCUT2D eigenvalue weighted by molar-refractivity contribution is 6.13. The van der Waals surface area contributed by atoms with Gasteiger partial charge in [0.1, 0.15) is 11.1 Å². The largest absolute Gasteiger partial charge is 0.504 e. The second-order valence-electron chi connectivity index (χ2n) is 12.4. The smallest absolute Gasteiger partial charge is 0.238 e. The Bertz CT molecular complexity index is 2500. The summed E-state index contributed by atoms with van der Waals surface area (Å²) < 4.78 is 1.66. The summed E-state index contributed by atoms with van der Waals surface area (Å²) in [6.45, 7) is 4.14. The maximum Gasteiger partial charge on any atom is 0.238 e. The first-order valence-corrected chi connectivity index (χ1v) is 15.1. The number of hydrogen-bond acceptors (Lipinski definition) is 13. The van der Waals surface area contributed by atoms with Gasteiger partial charge in [-0.05, 0) is 28.3 Å². The molecule has 5 aromatic carbocycles. The maximum atomic E-state index is 10.9. The van der Waals surface area contributed by atoms with Crippen molar-refractivity contribution in [3.8, 4) is 97.3 Å². The Morgan fingerprint density at radius 3 is 1.52 bits per heavy atom. The number of aromatic hydroxyl groups is 10. The summed E-state index contributed by atoms with van der Waals surface area (Å²) >= 11 is 0. The van der Waals surface area contributed by atoms with Crippen molar-refractivity contribution < 1.29 is 51.1 Å². The highest BCUT2D eigenvalue weighted by Gasteiger charge is 2.39. The fourth-order valence-corrected chi connectivity index (χ4v) is 7.00. The summed E-state index contributed by atoms with van der Waals surface area (Å²) in [5.74, 6) is -13.5. The van der Waals surface area contributed by atoms with E-state index in [9.17, 15) is 51.1 Å². The number of fused-ring (bicyclic) bond motifs is 7. The molecule has 10 N–H and O–H groups in total. The maximum absolute atomic E-state index is 10.9. The minimum Gasteiger partial charge on any atom is -0.504 e. The Morgan fingerprint density at radius 2 is 0.960 bits per heavy atom. The first-order valence-electron chi connectivity index (χ1n) is 15.1. The first kappa shape index (κ1) is 30.3. The van der Waals surface area contributed by atoms with E-state index in [0.29, 0.717) is 11.0 Å². The fourth-order valence-electron chi connectivity index (χ4n) is 7.00. The lowest BCUT2D eigenvalue weighted by Crippen LogP contribution is -2.17. The Hall–Kier alpha value is -7.09. The summed E-state index contributed by atoms with van der Waals surface area (Å²) in [5.41, 5.74) is 2.98. The molecule has 14 nitrogen and oxygen atoms in total. The molecule has 0 fully saturated rings. The third kappa shape index (κ3) is 3.74. The van der Waals surface area contributed by atoms with Gasteiger partial charge in [0.2, 0.25) is 40.4 Å². The fraction of sp³-hybridized carbons (Fsp3) is 0.0833. The van der Waals surface area contributed by atoms with Crippen molar-refractivity contribution >= 4 is 21.8 Å². The van der Waals surface area contributed by atoms with Crippen LogP contribution >= 0.6 is 0 Å². The molecule has 0 aliphatic heterocycles. The highest BCUT2D eigenvalue weighted by atomic mass is 16.4. The molecule has 0 bridgehead atoms. The van der Waals surface area contributed by atoms with E-state index in [1.54, 1.807) is 16.7 Å². The topological polar surface area (TPSA) is 246 Å². The molecule has 0 saturated carbocycles. The van der Waals surface area contributed by atoms with Crippen molar-refractivity contribution in [1.82, 2.24) is 19.5 Å². The van der Waals surface area contributed by atoms with Crippen molar-refractivity contribution in [2.24, 2.45) is 0 Å². The van der Waals surface area contributed by atoms with E-state index in [1.807, 2.05) is 48.5 Å². The normalized spacial score (nSPS) is 13.2. The van der Waals surface area contributed by atoms with Gasteiger partial charge in [0, 0.05) is 16.2 Å². The van der Waals surface area contributed by atoms with Gasteiger partial charge in [-0.1, -0.05) is 68.4 Å². The Balaban J connectivity index is 1.56. The van der Waals surface area contributed by atoms with E-state index >= 15 is 0 Å². The number of phenols is 10. The zero-order chi connectivity index (χ0) is 35.5. The van der Waals surface area contributed by atoms with Gasteiger partial charge in [-0.25, -0.2) is 4.98 Å². The molecule has 8 rings (SSSR count). The average molecular weight is 675 g/mol. The lowest BCUT2D eigenvalue weighted by atomic mass is 9.81. The van der Waals surface area contributed by atoms with E-state index in [0.717, 1.165) is 33.0 Å². The van der Waals surface area contributed by atoms with Gasteiger partial charge >= 0.3 is 0 Å². The highest BCUT2D eigenvalue weighted by Crippen LogP contribution is 2.57. The van der Waals surface area contributed by atoms with Gasteiger partial charge in [0.15, 0.2) is 34.6 Å². The lowest BCUT2D eigenvalue weighted by molar-refractivity contribution is 0.329. The van der Waals surface area contributed by atoms with Crippen LogP contribution in [-0.2, 0) is 5.41 Å². The minimum absolute atomic E-state index is 0.243. The number of rotatable bonds is 3. The second-order valence-corrected chi connectivity index (χ2v) is 12.4. The van der Waals surface area contributed by atoms with Crippen LogP contribution in [0.1, 0.15) is 25.0 Å². The number of aromatic nitrogens is 4. The molecule has 2 heterocycles. The number of para-hydroxylation sites is 1. The van der Waals surface area contributed by atoms with Crippen LogP contribution in [0.4, 0.5) is 0 Å². The summed E-state index contributed by atoms with van der Waals surface area (Å²) in [4.78, 5) is 13.2.